The summed E-state index contributed by atoms with van der Waals surface area (Å²) < 4.78 is 13.4. The topological polar surface area (TPSA) is 0 Å². The molecule has 0 atom stereocenters. The fourth-order valence-electron chi connectivity index (χ4n) is 1.37. The molecule has 0 unspecified atom stereocenters. The third-order valence-corrected chi connectivity index (χ3v) is 2.53. The highest BCUT2D eigenvalue weighted by molar-refractivity contribution is 5.40. The zero-order chi connectivity index (χ0) is 11.6. The Bertz CT molecular complexity index is 358. The molecule has 0 saturated heterocycles. The second-order valence-corrected chi connectivity index (χ2v) is 4.87. The second-order valence-electron chi connectivity index (χ2n) is 4.87. The van der Waals surface area contributed by atoms with E-state index in [1.165, 1.54) is 0 Å². The summed E-state index contributed by atoms with van der Waals surface area (Å²) in [7, 11) is 0. The molecule has 0 aliphatic rings. The van der Waals surface area contributed by atoms with Gasteiger partial charge in [0.2, 0.25) is 0 Å². The molecule has 0 N–H and O–H groups in total. The molecule has 0 heterocycles. The highest BCUT2D eigenvalue weighted by Crippen LogP contribution is 2.27. The molecule has 1 rings (SSSR count). The molecule has 0 bridgehead atoms. The van der Waals surface area contributed by atoms with Crippen LogP contribution in [-0.2, 0) is 5.41 Å². The summed E-state index contributed by atoms with van der Waals surface area (Å²) in [5.74, 6) is 0.818. The van der Waals surface area contributed by atoms with Crippen LogP contribution in [0.4, 0.5) is 4.39 Å². The normalized spacial score (nSPS) is 11.9. The van der Waals surface area contributed by atoms with E-state index in [-0.39, 0.29) is 11.2 Å². The molecule has 0 saturated carbocycles. The molecule has 0 aliphatic carbocycles. The molecule has 0 spiro atoms. The summed E-state index contributed by atoms with van der Waals surface area (Å²) >= 11 is 0. The average Bonchev–Trinajstić information content (AvgIpc) is 2.14. The zero-order valence-corrected chi connectivity index (χ0v) is 9.89. The van der Waals surface area contributed by atoms with Crippen LogP contribution in [0.1, 0.15) is 38.8 Å². The molecular weight excluding hydrogens is 187 g/mol. The minimum atomic E-state index is -0.182. The number of hydrogen-bond acceptors (Lipinski definition) is 0. The Balaban J connectivity index is 3.22. The molecular formula is C14H18F. The van der Waals surface area contributed by atoms with E-state index < -0.39 is 0 Å². The lowest BCUT2D eigenvalue weighted by Crippen LogP contribution is -2.12. The van der Waals surface area contributed by atoms with E-state index in [9.17, 15) is 4.39 Å². The van der Waals surface area contributed by atoms with Gasteiger partial charge in [-0.25, -0.2) is 4.39 Å². The first-order valence-electron chi connectivity index (χ1n) is 5.12. The Labute approximate surface area is 91.8 Å². The SMILES string of the molecule is C=C[C](C)c1cc(F)cc(C(C)(C)C)c1. The Kier molecular flexibility index (Phi) is 3.33. The maximum absolute atomic E-state index is 13.4. The summed E-state index contributed by atoms with van der Waals surface area (Å²) in [6.45, 7) is 11.9. The maximum Gasteiger partial charge on any atom is 0.123 e. The molecule has 0 nitrogen and oxygen atoms in total. The van der Waals surface area contributed by atoms with Crippen molar-refractivity contribution in [2.24, 2.45) is 0 Å². The molecule has 1 radical (unpaired) electrons. The Morgan fingerprint density at radius 2 is 1.87 bits per heavy atom. The number of benzene rings is 1. The van der Waals surface area contributed by atoms with Gasteiger partial charge < -0.3 is 0 Å². The van der Waals surface area contributed by atoms with Crippen LogP contribution < -0.4 is 0 Å². The van der Waals surface area contributed by atoms with E-state index in [1.807, 2.05) is 13.0 Å². The van der Waals surface area contributed by atoms with Crippen LogP contribution in [0.15, 0.2) is 30.9 Å². The van der Waals surface area contributed by atoms with E-state index in [0.717, 1.165) is 17.0 Å². The fourth-order valence-corrected chi connectivity index (χ4v) is 1.37. The van der Waals surface area contributed by atoms with Gasteiger partial charge in [-0.2, -0.15) is 0 Å². The number of hydrogen-bond donors (Lipinski definition) is 0. The summed E-state index contributed by atoms with van der Waals surface area (Å²) in [4.78, 5) is 0. The van der Waals surface area contributed by atoms with Crippen LogP contribution in [0, 0.1) is 11.7 Å². The van der Waals surface area contributed by atoms with Crippen molar-refractivity contribution >= 4 is 0 Å². The highest BCUT2D eigenvalue weighted by atomic mass is 19.1. The maximum atomic E-state index is 13.4. The zero-order valence-electron chi connectivity index (χ0n) is 9.89. The first kappa shape index (κ1) is 12.0. The molecule has 1 heteroatoms. The minimum absolute atomic E-state index is 0.0295. The van der Waals surface area contributed by atoms with Crippen molar-refractivity contribution in [3.05, 3.63) is 53.7 Å². The number of halogens is 1. The Hall–Kier alpha value is -1.11. The fraction of sp³-hybridized carbons (Fsp3) is 0.357. The Morgan fingerprint density at radius 3 is 2.33 bits per heavy atom. The van der Waals surface area contributed by atoms with Gasteiger partial charge in [0.25, 0.3) is 0 Å². The van der Waals surface area contributed by atoms with Gasteiger partial charge >= 0.3 is 0 Å². The van der Waals surface area contributed by atoms with E-state index in [2.05, 4.69) is 27.4 Å². The third kappa shape index (κ3) is 2.92. The lowest BCUT2D eigenvalue weighted by molar-refractivity contribution is 0.571. The lowest BCUT2D eigenvalue weighted by Gasteiger charge is -2.20. The van der Waals surface area contributed by atoms with Gasteiger partial charge in [0, 0.05) is 5.92 Å². The second kappa shape index (κ2) is 4.18. The standard InChI is InChI=1S/C14H18F/c1-6-10(2)11-7-12(14(3,4)5)9-13(15)8-11/h6-9H,1H2,2-5H3. The first-order valence-corrected chi connectivity index (χ1v) is 5.12. The monoisotopic (exact) mass is 205 g/mol. The predicted octanol–water partition coefficient (Wildman–Crippen LogP) is 4.25. The van der Waals surface area contributed by atoms with Gasteiger partial charge in [0.05, 0.1) is 0 Å². The summed E-state index contributed by atoms with van der Waals surface area (Å²) in [6, 6.07) is 5.17. The largest absolute Gasteiger partial charge is 0.207 e. The van der Waals surface area contributed by atoms with E-state index in [4.69, 9.17) is 0 Å². The molecule has 81 valence electrons. The molecule has 0 amide bonds. The Morgan fingerprint density at radius 1 is 1.27 bits per heavy atom. The van der Waals surface area contributed by atoms with Crippen molar-refractivity contribution in [3.8, 4) is 0 Å². The van der Waals surface area contributed by atoms with Crippen LogP contribution in [-0.4, -0.2) is 0 Å². The highest BCUT2D eigenvalue weighted by Gasteiger charge is 2.16. The smallest absolute Gasteiger partial charge is 0.123 e. The van der Waals surface area contributed by atoms with Gasteiger partial charge in [-0.05, 0) is 28.7 Å². The summed E-state index contributed by atoms with van der Waals surface area (Å²) in [6.07, 6.45) is 1.75. The predicted molar refractivity (Wildman–Crippen MR) is 63.3 cm³/mol. The van der Waals surface area contributed by atoms with E-state index >= 15 is 0 Å². The molecule has 1 aromatic carbocycles. The van der Waals surface area contributed by atoms with Crippen molar-refractivity contribution in [2.45, 2.75) is 33.1 Å². The van der Waals surface area contributed by atoms with E-state index in [1.54, 1.807) is 18.2 Å². The minimum Gasteiger partial charge on any atom is -0.207 e. The summed E-state index contributed by atoms with van der Waals surface area (Å²) in [5, 5.41) is 0. The van der Waals surface area contributed by atoms with Crippen molar-refractivity contribution in [1.29, 1.82) is 0 Å². The quantitative estimate of drug-likeness (QED) is 0.677. The molecule has 0 fully saturated rings. The van der Waals surface area contributed by atoms with Gasteiger partial charge in [0.1, 0.15) is 5.82 Å². The van der Waals surface area contributed by atoms with Crippen molar-refractivity contribution < 1.29 is 4.39 Å². The van der Waals surface area contributed by atoms with Crippen LogP contribution in [0.2, 0.25) is 0 Å². The van der Waals surface area contributed by atoms with Crippen molar-refractivity contribution in [1.82, 2.24) is 0 Å². The van der Waals surface area contributed by atoms with E-state index in [0.29, 0.717) is 0 Å². The van der Waals surface area contributed by atoms with Crippen LogP contribution >= 0.6 is 0 Å². The van der Waals surface area contributed by atoms with Gasteiger partial charge in [-0.3, -0.25) is 0 Å². The molecule has 1 aromatic rings. The molecule has 15 heavy (non-hydrogen) atoms. The van der Waals surface area contributed by atoms with Gasteiger partial charge in [0.15, 0.2) is 0 Å². The van der Waals surface area contributed by atoms with Crippen LogP contribution in [0.5, 0.6) is 0 Å². The third-order valence-electron chi connectivity index (χ3n) is 2.53. The number of allylic oxidation sites excluding steroid dienone is 1. The molecule has 0 aromatic heterocycles. The van der Waals surface area contributed by atoms with Crippen LogP contribution in [0.25, 0.3) is 0 Å². The van der Waals surface area contributed by atoms with Crippen LogP contribution in [0.3, 0.4) is 0 Å². The van der Waals surface area contributed by atoms with Gasteiger partial charge in [-0.15, -0.1) is 6.58 Å². The van der Waals surface area contributed by atoms with Crippen molar-refractivity contribution in [3.63, 3.8) is 0 Å². The lowest BCUT2D eigenvalue weighted by atomic mass is 9.84. The number of rotatable bonds is 2. The molecule has 0 aliphatic heterocycles. The van der Waals surface area contributed by atoms with Gasteiger partial charge in [-0.1, -0.05) is 39.8 Å². The average molecular weight is 205 g/mol. The summed E-state index contributed by atoms with van der Waals surface area (Å²) in [5.41, 5.74) is 1.90. The van der Waals surface area contributed by atoms with Crippen molar-refractivity contribution in [2.75, 3.05) is 0 Å². The first-order chi connectivity index (χ1) is 6.84.